The molecule has 3 aliphatic carbocycles. The zero-order valence-electron chi connectivity index (χ0n) is 20.0. The van der Waals surface area contributed by atoms with Gasteiger partial charge >= 0.3 is 12.1 Å². The summed E-state index contributed by atoms with van der Waals surface area (Å²) in [5.74, 6) is -1.32. The maximum atomic E-state index is 13.2. The number of benzene rings is 2. The molecule has 2 aromatic rings. The molecule has 2 amide bonds. The molecule has 0 aromatic heterocycles. The summed E-state index contributed by atoms with van der Waals surface area (Å²) < 4.78 is 5.64. The Morgan fingerprint density at radius 1 is 1.06 bits per heavy atom. The van der Waals surface area contributed by atoms with Gasteiger partial charge in [0.05, 0.1) is 5.41 Å². The summed E-state index contributed by atoms with van der Waals surface area (Å²) in [5.41, 5.74) is 3.74. The monoisotopic (exact) mass is 476 g/mol. The Kier molecular flexibility index (Phi) is 6.03. The fourth-order valence-electron chi connectivity index (χ4n) is 6.16. The van der Waals surface area contributed by atoms with E-state index in [4.69, 9.17) is 4.74 Å². The van der Waals surface area contributed by atoms with Crippen molar-refractivity contribution in [3.8, 4) is 11.1 Å². The second-order valence-electron chi connectivity index (χ2n) is 10.2. The van der Waals surface area contributed by atoms with E-state index in [9.17, 15) is 19.5 Å². The predicted molar refractivity (Wildman–Crippen MR) is 131 cm³/mol. The van der Waals surface area contributed by atoms with E-state index in [0.29, 0.717) is 19.3 Å². The van der Waals surface area contributed by atoms with Gasteiger partial charge in [0.1, 0.15) is 12.6 Å². The molecule has 2 saturated carbocycles. The number of carbonyl (C=O) groups excluding carboxylic acids is 2. The van der Waals surface area contributed by atoms with Crippen LogP contribution in [0.15, 0.2) is 48.5 Å². The van der Waals surface area contributed by atoms with E-state index in [1.807, 2.05) is 31.2 Å². The number of carboxylic acids is 1. The zero-order chi connectivity index (χ0) is 24.6. The van der Waals surface area contributed by atoms with Crippen LogP contribution in [0.5, 0.6) is 0 Å². The molecule has 3 N–H and O–H groups in total. The van der Waals surface area contributed by atoms with Crippen molar-refractivity contribution in [2.75, 3.05) is 13.2 Å². The highest BCUT2D eigenvalue weighted by Crippen LogP contribution is 2.73. The average Bonchev–Trinajstić information content (AvgIpc) is 3.45. The van der Waals surface area contributed by atoms with Crippen LogP contribution in [0.3, 0.4) is 0 Å². The minimum absolute atomic E-state index is 0.0327. The van der Waals surface area contributed by atoms with Crippen molar-refractivity contribution in [2.45, 2.75) is 57.4 Å². The predicted octanol–water partition coefficient (Wildman–Crippen LogP) is 4.46. The fraction of sp³-hybridized carbons (Fsp3) is 0.464. The van der Waals surface area contributed by atoms with E-state index in [0.717, 1.165) is 41.5 Å². The number of aliphatic carboxylic acids is 1. The third-order valence-corrected chi connectivity index (χ3v) is 8.33. The number of amides is 2. The standard InChI is InChI=1S/C28H32N2O5/c1-2-8-23(24(31)32)30-25(33)28(16-27(28)13-7-14-27)17-29-26(34)35-15-22-20-11-5-3-9-18(20)19-10-4-6-12-21(19)22/h3-6,9-12,22-23H,2,7-8,13-17H2,1H3,(H,29,34)(H,30,33)(H,31,32)/t23-,28?/m1/s1. The Bertz CT molecular complexity index is 1110. The molecule has 0 bridgehead atoms. The van der Waals surface area contributed by atoms with Gasteiger partial charge in [-0.05, 0) is 53.4 Å². The van der Waals surface area contributed by atoms with Crippen molar-refractivity contribution in [2.24, 2.45) is 10.8 Å². The number of nitrogens with one attached hydrogen (secondary N) is 2. The Morgan fingerprint density at radius 2 is 1.69 bits per heavy atom. The van der Waals surface area contributed by atoms with Gasteiger partial charge in [-0.1, -0.05) is 68.3 Å². The summed E-state index contributed by atoms with van der Waals surface area (Å²) in [5, 5.41) is 15.0. The summed E-state index contributed by atoms with van der Waals surface area (Å²) in [6.45, 7) is 2.26. The van der Waals surface area contributed by atoms with E-state index in [1.165, 1.54) is 0 Å². The molecule has 0 heterocycles. The number of carbonyl (C=O) groups is 3. The SMILES string of the molecule is CCC[C@@H](NC(=O)C1(CNC(=O)OCC2c3ccccc3-c3ccccc32)CC12CCC2)C(=O)O. The van der Waals surface area contributed by atoms with Gasteiger partial charge in [-0.3, -0.25) is 4.79 Å². The molecule has 0 aliphatic heterocycles. The van der Waals surface area contributed by atoms with Crippen LogP contribution in [0.25, 0.3) is 11.1 Å². The van der Waals surface area contributed by atoms with Crippen molar-refractivity contribution >= 4 is 18.0 Å². The van der Waals surface area contributed by atoms with Crippen LogP contribution < -0.4 is 10.6 Å². The zero-order valence-corrected chi connectivity index (χ0v) is 20.0. The molecule has 1 spiro atoms. The number of hydrogen-bond acceptors (Lipinski definition) is 4. The summed E-state index contributed by atoms with van der Waals surface area (Å²) in [6.07, 6.45) is 4.07. The largest absolute Gasteiger partial charge is 0.480 e. The highest BCUT2D eigenvalue weighted by molar-refractivity contribution is 5.91. The minimum atomic E-state index is -1.02. The topological polar surface area (TPSA) is 105 Å². The van der Waals surface area contributed by atoms with Crippen LogP contribution in [0.4, 0.5) is 4.79 Å². The first-order chi connectivity index (χ1) is 16.9. The van der Waals surface area contributed by atoms with Gasteiger partial charge in [-0.25, -0.2) is 9.59 Å². The normalized spacial score (nSPS) is 21.9. The maximum absolute atomic E-state index is 13.2. The smallest absolute Gasteiger partial charge is 0.407 e. The first-order valence-electron chi connectivity index (χ1n) is 12.5. The van der Waals surface area contributed by atoms with Gasteiger partial charge in [0.15, 0.2) is 0 Å². The average molecular weight is 477 g/mol. The first-order valence-corrected chi connectivity index (χ1v) is 12.5. The number of carboxylic acid groups (broad SMARTS) is 1. The van der Waals surface area contributed by atoms with E-state index in [-0.39, 0.29) is 30.4 Å². The first kappa shape index (κ1) is 23.4. The number of hydrogen-bond donors (Lipinski definition) is 3. The van der Waals surface area contributed by atoms with Gasteiger partial charge in [-0.2, -0.15) is 0 Å². The summed E-state index contributed by atoms with van der Waals surface area (Å²) in [4.78, 5) is 37.5. The lowest BCUT2D eigenvalue weighted by Crippen LogP contribution is -2.50. The molecule has 2 aromatic carbocycles. The van der Waals surface area contributed by atoms with Gasteiger partial charge in [0.25, 0.3) is 0 Å². The summed E-state index contributed by atoms with van der Waals surface area (Å²) in [7, 11) is 0. The van der Waals surface area contributed by atoms with Crippen LogP contribution in [-0.4, -0.2) is 42.3 Å². The van der Waals surface area contributed by atoms with Crippen LogP contribution >= 0.6 is 0 Å². The third kappa shape index (κ3) is 3.97. The quantitative estimate of drug-likeness (QED) is 0.496. The van der Waals surface area contributed by atoms with Gasteiger partial charge in [0.2, 0.25) is 5.91 Å². The van der Waals surface area contributed by atoms with Crippen molar-refractivity contribution in [1.29, 1.82) is 0 Å². The maximum Gasteiger partial charge on any atom is 0.407 e. The Labute approximate surface area is 205 Å². The highest BCUT2D eigenvalue weighted by atomic mass is 16.5. The molecular weight excluding hydrogens is 444 g/mol. The summed E-state index contributed by atoms with van der Waals surface area (Å²) >= 11 is 0. The number of fused-ring (bicyclic) bond motifs is 3. The van der Waals surface area contributed by atoms with Crippen molar-refractivity contribution in [1.82, 2.24) is 10.6 Å². The summed E-state index contributed by atoms with van der Waals surface area (Å²) in [6, 6.07) is 15.4. The van der Waals surface area contributed by atoms with Gasteiger partial charge < -0.3 is 20.5 Å². The lowest BCUT2D eigenvalue weighted by Gasteiger charge is -2.33. The Morgan fingerprint density at radius 3 is 2.20 bits per heavy atom. The second kappa shape index (κ2) is 9.02. The number of ether oxygens (including phenoxy) is 1. The van der Waals surface area contributed by atoms with Crippen molar-refractivity contribution in [3.63, 3.8) is 0 Å². The molecule has 184 valence electrons. The highest BCUT2D eigenvalue weighted by Gasteiger charge is 2.73. The molecule has 0 saturated heterocycles. The molecule has 0 radical (unpaired) electrons. The molecule has 7 nitrogen and oxygen atoms in total. The molecule has 1 unspecified atom stereocenters. The minimum Gasteiger partial charge on any atom is -0.480 e. The fourth-order valence-corrected chi connectivity index (χ4v) is 6.16. The molecule has 7 heteroatoms. The van der Waals surface area contributed by atoms with Crippen LogP contribution in [-0.2, 0) is 14.3 Å². The molecule has 2 atom stereocenters. The third-order valence-electron chi connectivity index (χ3n) is 8.33. The second-order valence-corrected chi connectivity index (χ2v) is 10.2. The van der Waals surface area contributed by atoms with Crippen molar-refractivity contribution in [3.05, 3.63) is 59.7 Å². The Hall–Kier alpha value is -3.35. The lowest BCUT2D eigenvalue weighted by atomic mass is 9.74. The van der Waals surface area contributed by atoms with Crippen molar-refractivity contribution < 1.29 is 24.2 Å². The van der Waals surface area contributed by atoms with Crippen LogP contribution in [0, 0.1) is 10.8 Å². The molecule has 35 heavy (non-hydrogen) atoms. The molecule has 5 rings (SSSR count). The van der Waals surface area contributed by atoms with Crippen LogP contribution in [0.1, 0.15) is 62.5 Å². The number of alkyl carbamates (subject to hydrolysis) is 1. The van der Waals surface area contributed by atoms with Crippen LogP contribution in [0.2, 0.25) is 0 Å². The van der Waals surface area contributed by atoms with E-state index < -0.39 is 23.5 Å². The van der Waals surface area contributed by atoms with Gasteiger partial charge in [0, 0.05) is 12.5 Å². The van der Waals surface area contributed by atoms with E-state index in [1.54, 1.807) is 0 Å². The van der Waals surface area contributed by atoms with E-state index >= 15 is 0 Å². The lowest BCUT2D eigenvalue weighted by molar-refractivity contribution is -0.143. The molecule has 3 aliphatic rings. The number of rotatable bonds is 9. The Balaban J connectivity index is 1.22. The molecular formula is C28H32N2O5. The molecule has 2 fully saturated rings. The van der Waals surface area contributed by atoms with Gasteiger partial charge in [-0.15, -0.1) is 0 Å². The van der Waals surface area contributed by atoms with E-state index in [2.05, 4.69) is 34.9 Å².